The van der Waals surface area contributed by atoms with E-state index in [2.05, 4.69) is 17.5 Å². The minimum absolute atomic E-state index is 0.699. The molecule has 0 spiro atoms. The third-order valence-electron chi connectivity index (χ3n) is 3.33. The maximum atomic E-state index is 4.48. The van der Waals surface area contributed by atoms with Gasteiger partial charge in [-0.3, -0.25) is 5.43 Å². The average molecular weight is 216 g/mol. The van der Waals surface area contributed by atoms with E-state index < -0.39 is 0 Å². The molecule has 0 atom stereocenters. The normalized spacial score (nSPS) is 18.4. The van der Waals surface area contributed by atoms with Crippen molar-refractivity contribution in [2.75, 3.05) is 5.43 Å². The first-order valence-corrected chi connectivity index (χ1v) is 6.21. The highest BCUT2D eigenvalue weighted by atomic mass is 15.3. The van der Waals surface area contributed by atoms with Gasteiger partial charge in [0, 0.05) is 5.71 Å². The SMILES string of the molecule is C/C(=N/Nc1ccccc1)C1CCCCC1. The first kappa shape index (κ1) is 11.2. The second-order valence-corrected chi connectivity index (χ2v) is 4.57. The van der Waals surface area contributed by atoms with Gasteiger partial charge in [-0.2, -0.15) is 5.10 Å². The summed E-state index contributed by atoms with van der Waals surface area (Å²) in [4.78, 5) is 0. The van der Waals surface area contributed by atoms with Gasteiger partial charge >= 0.3 is 0 Å². The zero-order valence-corrected chi connectivity index (χ0v) is 9.95. The molecule has 1 aromatic carbocycles. The Morgan fingerprint density at radius 1 is 1.12 bits per heavy atom. The van der Waals surface area contributed by atoms with Gasteiger partial charge in [-0.25, -0.2) is 0 Å². The van der Waals surface area contributed by atoms with Crippen LogP contribution in [-0.4, -0.2) is 5.71 Å². The molecule has 0 radical (unpaired) electrons. The second kappa shape index (κ2) is 5.69. The smallest absolute Gasteiger partial charge is 0.0561 e. The number of para-hydroxylation sites is 1. The summed E-state index contributed by atoms with van der Waals surface area (Å²) < 4.78 is 0. The fourth-order valence-corrected chi connectivity index (χ4v) is 2.28. The predicted octanol–water partition coefficient (Wildman–Crippen LogP) is 4.05. The first-order chi connectivity index (χ1) is 7.86. The summed E-state index contributed by atoms with van der Waals surface area (Å²) in [5.41, 5.74) is 5.45. The van der Waals surface area contributed by atoms with Crippen molar-refractivity contribution in [3.63, 3.8) is 0 Å². The summed E-state index contributed by atoms with van der Waals surface area (Å²) in [6.45, 7) is 2.14. The molecular formula is C14H20N2. The Morgan fingerprint density at radius 2 is 1.81 bits per heavy atom. The van der Waals surface area contributed by atoms with Crippen LogP contribution in [0.15, 0.2) is 35.4 Å². The molecule has 1 aliphatic rings. The lowest BCUT2D eigenvalue weighted by molar-refractivity contribution is 0.438. The van der Waals surface area contributed by atoms with E-state index in [-0.39, 0.29) is 0 Å². The van der Waals surface area contributed by atoms with Crippen LogP contribution >= 0.6 is 0 Å². The van der Waals surface area contributed by atoms with E-state index >= 15 is 0 Å². The van der Waals surface area contributed by atoms with E-state index in [1.165, 1.54) is 37.8 Å². The first-order valence-electron chi connectivity index (χ1n) is 6.21. The van der Waals surface area contributed by atoms with Crippen molar-refractivity contribution in [2.24, 2.45) is 11.0 Å². The third kappa shape index (κ3) is 3.09. The topological polar surface area (TPSA) is 24.4 Å². The molecule has 1 N–H and O–H groups in total. The Kier molecular flexibility index (Phi) is 3.97. The minimum Gasteiger partial charge on any atom is -0.279 e. The standard InChI is InChI=1S/C14H20N2/c1-12(13-8-4-2-5-9-13)15-16-14-10-6-3-7-11-14/h3,6-7,10-11,13,16H,2,4-5,8-9H2,1H3/b15-12-. The van der Waals surface area contributed by atoms with E-state index in [1.807, 2.05) is 30.3 Å². The van der Waals surface area contributed by atoms with Gasteiger partial charge in [0.2, 0.25) is 0 Å². The maximum absolute atomic E-state index is 4.48. The highest BCUT2D eigenvalue weighted by Crippen LogP contribution is 2.24. The van der Waals surface area contributed by atoms with E-state index in [0.717, 1.165) is 5.69 Å². The van der Waals surface area contributed by atoms with Gasteiger partial charge in [-0.1, -0.05) is 37.5 Å². The molecule has 0 saturated heterocycles. The summed E-state index contributed by atoms with van der Waals surface area (Å²) >= 11 is 0. The molecule has 1 fully saturated rings. The number of nitrogens with zero attached hydrogens (tertiary/aromatic N) is 1. The minimum atomic E-state index is 0.699. The van der Waals surface area contributed by atoms with Crippen LogP contribution in [0.25, 0.3) is 0 Å². The molecule has 2 heteroatoms. The van der Waals surface area contributed by atoms with Crippen LogP contribution in [0, 0.1) is 5.92 Å². The van der Waals surface area contributed by atoms with Gasteiger partial charge in [0.1, 0.15) is 0 Å². The maximum Gasteiger partial charge on any atom is 0.0561 e. The summed E-state index contributed by atoms with van der Waals surface area (Å²) in [5, 5.41) is 4.48. The fraction of sp³-hybridized carbons (Fsp3) is 0.500. The van der Waals surface area contributed by atoms with Crippen molar-refractivity contribution in [3.05, 3.63) is 30.3 Å². The molecule has 0 heterocycles. The number of rotatable bonds is 3. The molecule has 0 aliphatic heterocycles. The average Bonchev–Trinajstić information content (AvgIpc) is 2.38. The van der Waals surface area contributed by atoms with Crippen molar-refractivity contribution < 1.29 is 0 Å². The fourth-order valence-electron chi connectivity index (χ4n) is 2.28. The van der Waals surface area contributed by atoms with E-state index in [9.17, 15) is 0 Å². The lowest BCUT2D eigenvalue weighted by Crippen LogP contribution is -2.16. The summed E-state index contributed by atoms with van der Waals surface area (Å²) in [6.07, 6.45) is 6.75. The lowest BCUT2D eigenvalue weighted by atomic mass is 9.86. The molecule has 2 nitrogen and oxygen atoms in total. The Hall–Kier alpha value is -1.31. The molecule has 0 aromatic heterocycles. The molecule has 1 saturated carbocycles. The highest BCUT2D eigenvalue weighted by molar-refractivity contribution is 5.85. The van der Waals surface area contributed by atoms with Gasteiger partial charge in [-0.15, -0.1) is 0 Å². The van der Waals surface area contributed by atoms with Gasteiger partial charge in [0.05, 0.1) is 5.69 Å². The largest absolute Gasteiger partial charge is 0.279 e. The number of hydrogen-bond acceptors (Lipinski definition) is 2. The van der Waals surface area contributed by atoms with Gasteiger partial charge < -0.3 is 0 Å². The molecule has 2 rings (SSSR count). The van der Waals surface area contributed by atoms with E-state index in [0.29, 0.717) is 5.92 Å². The lowest BCUT2D eigenvalue weighted by Gasteiger charge is -2.21. The molecule has 0 amide bonds. The van der Waals surface area contributed by atoms with Crippen molar-refractivity contribution in [1.82, 2.24) is 0 Å². The summed E-state index contributed by atoms with van der Waals surface area (Å²) in [6, 6.07) is 10.1. The number of hydrogen-bond donors (Lipinski definition) is 1. The van der Waals surface area contributed by atoms with Crippen LogP contribution in [0.3, 0.4) is 0 Å². The van der Waals surface area contributed by atoms with Gasteiger partial charge in [0.25, 0.3) is 0 Å². The van der Waals surface area contributed by atoms with Crippen LogP contribution in [0.4, 0.5) is 5.69 Å². The highest BCUT2D eigenvalue weighted by Gasteiger charge is 2.15. The third-order valence-corrected chi connectivity index (χ3v) is 3.33. The van der Waals surface area contributed by atoms with Crippen molar-refractivity contribution >= 4 is 11.4 Å². The monoisotopic (exact) mass is 216 g/mol. The number of nitrogens with one attached hydrogen (secondary N) is 1. The summed E-state index contributed by atoms with van der Waals surface area (Å²) in [5.74, 6) is 0.699. The van der Waals surface area contributed by atoms with Crippen molar-refractivity contribution in [1.29, 1.82) is 0 Å². The number of hydrazone groups is 1. The Balaban J connectivity index is 1.91. The van der Waals surface area contributed by atoms with E-state index in [4.69, 9.17) is 0 Å². The van der Waals surface area contributed by atoms with Crippen LogP contribution < -0.4 is 5.43 Å². The molecule has 16 heavy (non-hydrogen) atoms. The van der Waals surface area contributed by atoms with Crippen LogP contribution in [0.5, 0.6) is 0 Å². The molecule has 0 bridgehead atoms. The van der Waals surface area contributed by atoms with Crippen LogP contribution in [0.1, 0.15) is 39.0 Å². The molecular weight excluding hydrogens is 196 g/mol. The Labute approximate surface area is 97.8 Å². The Morgan fingerprint density at radius 3 is 2.50 bits per heavy atom. The summed E-state index contributed by atoms with van der Waals surface area (Å²) in [7, 11) is 0. The van der Waals surface area contributed by atoms with E-state index in [1.54, 1.807) is 0 Å². The zero-order chi connectivity index (χ0) is 11.2. The van der Waals surface area contributed by atoms with Gasteiger partial charge in [0.15, 0.2) is 0 Å². The van der Waals surface area contributed by atoms with Gasteiger partial charge in [-0.05, 0) is 37.8 Å². The second-order valence-electron chi connectivity index (χ2n) is 4.57. The van der Waals surface area contributed by atoms with Crippen molar-refractivity contribution in [3.8, 4) is 0 Å². The molecule has 86 valence electrons. The molecule has 1 aliphatic carbocycles. The van der Waals surface area contributed by atoms with Crippen LogP contribution in [-0.2, 0) is 0 Å². The number of benzene rings is 1. The molecule has 1 aromatic rings. The zero-order valence-electron chi connectivity index (χ0n) is 9.95. The number of anilines is 1. The molecule has 0 unspecified atom stereocenters. The van der Waals surface area contributed by atoms with Crippen molar-refractivity contribution in [2.45, 2.75) is 39.0 Å². The predicted molar refractivity (Wildman–Crippen MR) is 69.7 cm³/mol. The van der Waals surface area contributed by atoms with Crippen LogP contribution in [0.2, 0.25) is 0 Å². The quantitative estimate of drug-likeness (QED) is 0.598. The Bertz CT molecular complexity index is 337.